The van der Waals surface area contributed by atoms with Gasteiger partial charge in [0.05, 0.1) is 18.7 Å². The van der Waals surface area contributed by atoms with Crippen molar-refractivity contribution in [3.05, 3.63) is 65.7 Å². The molecule has 3 atom stereocenters. The summed E-state index contributed by atoms with van der Waals surface area (Å²) in [5, 5.41) is 25.5. The molecule has 1 aliphatic heterocycles. The minimum atomic E-state index is -3.26. The molecule has 0 aromatic heterocycles. The summed E-state index contributed by atoms with van der Waals surface area (Å²) in [7, 11) is 0. The molecule has 14 nitrogen and oxygen atoms in total. The summed E-state index contributed by atoms with van der Waals surface area (Å²) in [6.07, 6.45) is 0.411. The van der Waals surface area contributed by atoms with Crippen LogP contribution >= 0.6 is 0 Å². The molecule has 4 amide bonds. The number of hydrazone groups is 1. The van der Waals surface area contributed by atoms with E-state index in [1.807, 2.05) is 0 Å². The van der Waals surface area contributed by atoms with E-state index in [-0.39, 0.29) is 16.2 Å². The van der Waals surface area contributed by atoms with Gasteiger partial charge in [-0.2, -0.15) is 5.10 Å². The molecule has 1 saturated heterocycles. The predicted molar refractivity (Wildman–Crippen MR) is 136 cm³/mol. The van der Waals surface area contributed by atoms with Crippen molar-refractivity contribution in [2.75, 3.05) is 4.90 Å². The summed E-state index contributed by atoms with van der Waals surface area (Å²) in [5.41, 5.74) is 1.25. The van der Waals surface area contributed by atoms with E-state index < -0.39 is 59.2 Å². The number of ketones is 1. The van der Waals surface area contributed by atoms with Crippen molar-refractivity contribution in [2.45, 2.75) is 37.5 Å². The van der Waals surface area contributed by atoms with Gasteiger partial charge in [-0.05, 0) is 37.1 Å². The summed E-state index contributed by atoms with van der Waals surface area (Å²) in [5.74, 6) is -2.14. The highest BCUT2D eigenvalue weighted by Crippen LogP contribution is 2.38. The van der Waals surface area contributed by atoms with E-state index in [0.717, 1.165) is 6.92 Å². The lowest BCUT2D eigenvalue weighted by atomic mass is 9.89. The van der Waals surface area contributed by atoms with E-state index in [1.54, 1.807) is 12.1 Å². The van der Waals surface area contributed by atoms with Crippen LogP contribution in [0.4, 0.5) is 10.5 Å². The molecule has 0 saturated carbocycles. The van der Waals surface area contributed by atoms with Crippen molar-refractivity contribution in [3.63, 3.8) is 0 Å². The van der Waals surface area contributed by atoms with E-state index in [1.165, 1.54) is 55.6 Å². The topological polar surface area (TPSA) is 226 Å². The van der Waals surface area contributed by atoms with E-state index >= 15 is 0 Å². The minimum absolute atomic E-state index is 0.158. The molecule has 0 aliphatic carbocycles. The molecule has 0 unspecified atom stereocenters. The van der Waals surface area contributed by atoms with Crippen molar-refractivity contribution < 1.29 is 39.0 Å². The molecule has 1 aliphatic rings. The molecule has 1 fully saturated rings. The maximum atomic E-state index is 13.9. The number of nitrogens with two attached hydrogens (primary N) is 2. The lowest BCUT2D eigenvalue weighted by molar-refractivity contribution is -0.162. The van der Waals surface area contributed by atoms with Gasteiger partial charge in [0.1, 0.15) is 5.54 Å². The highest BCUT2D eigenvalue weighted by Gasteiger charge is 2.66. The van der Waals surface area contributed by atoms with Crippen LogP contribution in [-0.2, 0) is 29.5 Å². The molecule has 14 heteroatoms. The number of para-hydroxylation sites is 1. The van der Waals surface area contributed by atoms with Crippen molar-refractivity contribution in [3.8, 4) is 0 Å². The van der Waals surface area contributed by atoms with E-state index in [2.05, 4.69) is 10.4 Å². The third-order valence-corrected chi connectivity index (χ3v) is 6.29. The van der Waals surface area contributed by atoms with Crippen molar-refractivity contribution in [1.29, 1.82) is 0 Å². The number of carbonyl (C=O) groups excluding carboxylic acids is 4. The quantitative estimate of drug-likeness (QED) is 0.0891. The number of imide groups is 1. The van der Waals surface area contributed by atoms with Gasteiger partial charge in [-0.15, -0.1) is 0 Å². The largest absolute Gasteiger partial charge is 0.481 e. The first kappa shape index (κ1) is 28.5. The zero-order valence-electron chi connectivity index (χ0n) is 20.9. The van der Waals surface area contributed by atoms with E-state index in [0.29, 0.717) is 10.5 Å². The average Bonchev–Trinajstić information content (AvgIpc) is 3.11. The molecule has 0 radical (unpaired) electrons. The lowest BCUT2D eigenvalue weighted by Gasteiger charge is -2.43. The zero-order chi connectivity index (χ0) is 29.1. The Balaban J connectivity index is 2.26. The van der Waals surface area contributed by atoms with Crippen LogP contribution in [0.2, 0.25) is 0 Å². The highest BCUT2D eigenvalue weighted by molar-refractivity contribution is 6.24. The molecule has 1 heterocycles. The Bertz CT molecular complexity index is 1350. The summed E-state index contributed by atoms with van der Waals surface area (Å²) in [6, 6.07) is 9.76. The van der Waals surface area contributed by atoms with Gasteiger partial charge < -0.3 is 27.1 Å². The van der Waals surface area contributed by atoms with Crippen LogP contribution in [0.1, 0.15) is 31.4 Å². The van der Waals surface area contributed by atoms with Crippen LogP contribution in [-0.4, -0.2) is 68.6 Å². The van der Waals surface area contributed by atoms with Gasteiger partial charge in [0.2, 0.25) is 5.91 Å². The second kappa shape index (κ2) is 10.7. The number of amides is 4. The summed E-state index contributed by atoms with van der Waals surface area (Å²) < 4.78 is 0. The number of hydrogen-bond donors (Lipinski definition) is 5. The molecule has 0 spiro atoms. The smallest absolute Gasteiger partial charge is 0.360 e. The number of hydrogen-bond acceptors (Lipinski definition) is 9. The monoisotopic (exact) mass is 538 g/mol. The first-order valence-corrected chi connectivity index (χ1v) is 11.4. The highest BCUT2D eigenvalue weighted by atomic mass is 16.4. The standard InChI is InChI=1S/C25H26N6O8/c1-14(32)25(22(37)38,30(17-6-4-3-5-7-17)20(35)18(26)12-19(33)34)31-21(36)24(2,29-23(31)39)16-10-8-15(9-11-16)13-28-27/h3-11,13,18H,12,26-27H2,1-2H3,(H,29,39)(H,33,34)(H,37,38)/t18-,24+,25+/m0/s1. The number of aliphatic carboxylic acids is 2. The van der Waals surface area contributed by atoms with Gasteiger partial charge in [-0.1, -0.05) is 42.5 Å². The van der Waals surface area contributed by atoms with Gasteiger partial charge in [-0.3, -0.25) is 24.1 Å². The zero-order valence-corrected chi connectivity index (χ0v) is 20.9. The van der Waals surface area contributed by atoms with Gasteiger partial charge in [0, 0.05) is 5.69 Å². The second-order valence-electron chi connectivity index (χ2n) is 8.84. The number of carbonyl (C=O) groups is 6. The SMILES string of the molecule is CC(=O)[C@](C(=O)O)(N1C(=O)N[C@](C)(c2ccc(C=NN)cc2)C1=O)N(C(=O)[C@@H](N)CC(=O)O)c1ccccc1. The molecule has 3 rings (SSSR count). The van der Waals surface area contributed by atoms with E-state index in [9.17, 15) is 39.0 Å². The Kier molecular flexibility index (Phi) is 7.81. The number of carboxylic acids is 2. The fraction of sp³-hybridized carbons (Fsp3) is 0.240. The maximum Gasteiger partial charge on any atom is 0.360 e. The molecule has 7 N–H and O–H groups in total. The first-order valence-electron chi connectivity index (χ1n) is 11.4. The Hall–Kier alpha value is -5.11. The Morgan fingerprint density at radius 2 is 1.69 bits per heavy atom. The third kappa shape index (κ3) is 4.80. The summed E-state index contributed by atoms with van der Waals surface area (Å²) >= 11 is 0. The van der Waals surface area contributed by atoms with Crippen molar-refractivity contribution in [2.24, 2.45) is 16.7 Å². The fourth-order valence-corrected chi connectivity index (χ4v) is 4.37. The van der Waals surface area contributed by atoms with Gasteiger partial charge in [-0.25, -0.2) is 14.5 Å². The minimum Gasteiger partial charge on any atom is -0.481 e. The van der Waals surface area contributed by atoms with Crippen molar-refractivity contribution >= 4 is 47.5 Å². The van der Waals surface area contributed by atoms with Crippen LogP contribution in [0.25, 0.3) is 0 Å². The number of urea groups is 1. The van der Waals surface area contributed by atoms with Gasteiger partial charge in [0.15, 0.2) is 5.78 Å². The van der Waals surface area contributed by atoms with Gasteiger partial charge >= 0.3 is 18.0 Å². The molecule has 2 aromatic carbocycles. The first-order chi connectivity index (χ1) is 18.3. The molecule has 39 heavy (non-hydrogen) atoms. The maximum absolute atomic E-state index is 13.9. The normalized spacial score (nSPS) is 19.3. The van der Waals surface area contributed by atoms with Crippen LogP contribution in [0, 0.1) is 0 Å². The molecule has 0 bridgehead atoms. The number of carboxylic acid groups (broad SMARTS) is 2. The van der Waals surface area contributed by atoms with Crippen LogP contribution in [0.15, 0.2) is 59.7 Å². The summed E-state index contributed by atoms with van der Waals surface area (Å²) in [4.78, 5) is 79.0. The van der Waals surface area contributed by atoms with Crippen LogP contribution < -0.4 is 21.8 Å². The number of anilines is 1. The average molecular weight is 539 g/mol. The number of Topliss-reactive ketones (excluding diaryl/α,β-unsaturated/α-hetero) is 1. The van der Waals surface area contributed by atoms with Crippen LogP contribution in [0.5, 0.6) is 0 Å². The number of nitrogens with one attached hydrogen (secondary N) is 1. The van der Waals surface area contributed by atoms with Gasteiger partial charge in [0.25, 0.3) is 11.6 Å². The molecule has 2 aromatic rings. The third-order valence-electron chi connectivity index (χ3n) is 6.29. The van der Waals surface area contributed by atoms with Crippen molar-refractivity contribution in [1.82, 2.24) is 10.2 Å². The number of nitrogens with zero attached hydrogens (tertiary/aromatic N) is 3. The fourth-order valence-electron chi connectivity index (χ4n) is 4.37. The number of benzene rings is 2. The molecule has 204 valence electrons. The predicted octanol–water partition coefficient (Wildman–Crippen LogP) is -0.0487. The molecular formula is C25H26N6O8. The van der Waals surface area contributed by atoms with Crippen LogP contribution in [0.3, 0.4) is 0 Å². The lowest BCUT2D eigenvalue weighted by Crippen LogP contribution is -2.74. The number of rotatable bonds is 10. The summed E-state index contributed by atoms with van der Waals surface area (Å²) in [6.45, 7) is 2.09. The Morgan fingerprint density at radius 1 is 1.10 bits per heavy atom. The second-order valence-corrected chi connectivity index (χ2v) is 8.84. The Labute approximate surface area is 221 Å². The molecular weight excluding hydrogens is 512 g/mol. The van der Waals surface area contributed by atoms with E-state index in [4.69, 9.17) is 11.6 Å². The Morgan fingerprint density at radius 3 is 2.18 bits per heavy atom.